The summed E-state index contributed by atoms with van der Waals surface area (Å²) >= 11 is 6.43. The number of thioether (sulfide) groups is 1. The van der Waals surface area contributed by atoms with Gasteiger partial charge in [-0.1, -0.05) is 24.0 Å². The van der Waals surface area contributed by atoms with Crippen LogP contribution in [0.2, 0.25) is 0 Å². The molecule has 0 spiro atoms. The van der Waals surface area contributed by atoms with Crippen LogP contribution in [0.25, 0.3) is 6.08 Å². The maximum atomic E-state index is 13.1. The number of carbonyl (C=O) groups excluding carboxylic acids is 3. The van der Waals surface area contributed by atoms with E-state index in [9.17, 15) is 19.5 Å². The van der Waals surface area contributed by atoms with Gasteiger partial charge in [-0.2, -0.15) is 0 Å². The molecule has 0 bridgehead atoms. The molecule has 2 N–H and O–H groups in total. The predicted molar refractivity (Wildman–Crippen MR) is 137 cm³/mol. The number of phenolic OH excluding ortho intramolecular Hbond substituents is 1. The van der Waals surface area contributed by atoms with E-state index in [0.717, 1.165) is 11.8 Å². The highest BCUT2D eigenvalue weighted by molar-refractivity contribution is 8.26. The topological polar surface area (TPSA) is 114 Å². The van der Waals surface area contributed by atoms with E-state index in [-0.39, 0.29) is 28.2 Å². The highest BCUT2D eigenvalue weighted by Gasteiger charge is 2.38. The fourth-order valence-corrected chi connectivity index (χ4v) is 4.65. The monoisotopic (exact) mass is 516 g/mol. The van der Waals surface area contributed by atoms with Crippen molar-refractivity contribution in [1.82, 2.24) is 4.90 Å². The van der Waals surface area contributed by atoms with Gasteiger partial charge in [0.05, 0.1) is 31.3 Å². The van der Waals surface area contributed by atoms with E-state index in [0.29, 0.717) is 21.7 Å². The molecule has 1 fully saturated rings. The number of carbonyl (C=O) groups is 3. The number of methoxy groups -OCH3 is 2. The Labute approximate surface area is 212 Å². The second-order valence-corrected chi connectivity index (χ2v) is 8.96. The summed E-state index contributed by atoms with van der Waals surface area (Å²) in [5, 5.41) is 12.8. The largest absolute Gasteiger partial charge is 0.502 e. The number of rotatable bonds is 8. The molecule has 184 valence electrons. The Morgan fingerprint density at radius 1 is 1.17 bits per heavy atom. The van der Waals surface area contributed by atoms with Gasteiger partial charge in [-0.05, 0) is 61.9 Å². The van der Waals surface area contributed by atoms with Crippen LogP contribution < -0.4 is 14.8 Å². The van der Waals surface area contributed by atoms with Crippen molar-refractivity contribution in [3.8, 4) is 17.2 Å². The van der Waals surface area contributed by atoms with Crippen molar-refractivity contribution in [2.24, 2.45) is 0 Å². The lowest BCUT2D eigenvalue weighted by Gasteiger charge is -2.22. The molecule has 1 heterocycles. The molecule has 0 radical (unpaired) electrons. The van der Waals surface area contributed by atoms with Gasteiger partial charge in [0.2, 0.25) is 11.7 Å². The maximum absolute atomic E-state index is 13.1. The molecule has 11 heteroatoms. The van der Waals surface area contributed by atoms with E-state index >= 15 is 0 Å². The maximum Gasteiger partial charge on any atom is 0.338 e. The number of hydrogen-bond donors (Lipinski definition) is 2. The SMILES string of the molecule is CCOC(=O)c1ccc(NC(=O)C(C)N2C(=O)/C(=C/c3cc(OC)c(O)c(OC)c3)SC2=S)cc1. The van der Waals surface area contributed by atoms with Crippen LogP contribution in [0.15, 0.2) is 41.3 Å². The predicted octanol–water partition coefficient (Wildman–Crippen LogP) is 3.81. The van der Waals surface area contributed by atoms with Crippen molar-refractivity contribution in [3.63, 3.8) is 0 Å². The Morgan fingerprint density at radius 2 is 1.77 bits per heavy atom. The van der Waals surface area contributed by atoms with Crippen LogP contribution in [-0.2, 0) is 14.3 Å². The van der Waals surface area contributed by atoms with Crippen LogP contribution in [0, 0.1) is 0 Å². The fourth-order valence-electron chi connectivity index (χ4n) is 3.23. The third kappa shape index (κ3) is 5.75. The summed E-state index contributed by atoms with van der Waals surface area (Å²) in [5.41, 5.74) is 1.37. The van der Waals surface area contributed by atoms with E-state index in [2.05, 4.69) is 5.32 Å². The number of aromatic hydroxyl groups is 1. The standard InChI is InChI=1S/C24H24N2O7S2/c1-5-33-23(30)15-6-8-16(9-7-15)25-21(28)13(2)26-22(29)19(35-24(26)34)12-14-10-17(31-3)20(27)18(11-14)32-4/h6-13,27H,5H2,1-4H3,(H,25,28)/b19-12-. The lowest BCUT2D eigenvalue weighted by Crippen LogP contribution is -2.44. The molecule has 2 aromatic rings. The van der Waals surface area contributed by atoms with Crippen molar-refractivity contribution in [3.05, 3.63) is 52.4 Å². The molecule has 2 aromatic carbocycles. The van der Waals surface area contributed by atoms with Gasteiger partial charge >= 0.3 is 5.97 Å². The third-order valence-electron chi connectivity index (χ3n) is 5.05. The summed E-state index contributed by atoms with van der Waals surface area (Å²) in [6.07, 6.45) is 1.59. The van der Waals surface area contributed by atoms with E-state index in [1.165, 1.54) is 19.1 Å². The van der Waals surface area contributed by atoms with Crippen LogP contribution in [0.3, 0.4) is 0 Å². The first-order valence-electron chi connectivity index (χ1n) is 10.5. The quantitative estimate of drug-likeness (QED) is 0.307. The van der Waals surface area contributed by atoms with Crippen LogP contribution in [0.5, 0.6) is 17.2 Å². The molecular formula is C24H24N2O7S2. The first kappa shape index (κ1) is 26.0. The summed E-state index contributed by atoms with van der Waals surface area (Å²) < 4.78 is 15.5. The first-order valence-corrected chi connectivity index (χ1v) is 11.7. The Kier molecular flexibility index (Phi) is 8.36. The summed E-state index contributed by atoms with van der Waals surface area (Å²) in [7, 11) is 2.81. The Morgan fingerprint density at radius 3 is 2.31 bits per heavy atom. The Bertz CT molecular complexity index is 1170. The molecule has 35 heavy (non-hydrogen) atoms. The number of hydrogen-bond acceptors (Lipinski definition) is 9. The van der Waals surface area contributed by atoms with Gasteiger partial charge in [0, 0.05) is 5.69 Å². The van der Waals surface area contributed by atoms with E-state index in [4.69, 9.17) is 26.4 Å². The van der Waals surface area contributed by atoms with Gasteiger partial charge in [0.1, 0.15) is 10.4 Å². The van der Waals surface area contributed by atoms with E-state index < -0.39 is 23.8 Å². The summed E-state index contributed by atoms with van der Waals surface area (Å²) in [5.74, 6) is -1.10. The first-order chi connectivity index (χ1) is 16.7. The number of amides is 2. The number of benzene rings is 2. The second kappa shape index (κ2) is 11.2. The van der Waals surface area contributed by atoms with Crippen molar-refractivity contribution in [1.29, 1.82) is 0 Å². The van der Waals surface area contributed by atoms with Crippen LogP contribution in [0.4, 0.5) is 5.69 Å². The van der Waals surface area contributed by atoms with Gasteiger partial charge in [0.25, 0.3) is 5.91 Å². The summed E-state index contributed by atoms with van der Waals surface area (Å²) in [6.45, 7) is 3.55. The number of nitrogens with one attached hydrogen (secondary N) is 1. The molecule has 0 saturated carbocycles. The molecular weight excluding hydrogens is 492 g/mol. The van der Waals surface area contributed by atoms with Gasteiger partial charge in [-0.15, -0.1) is 0 Å². The number of nitrogens with zero attached hydrogens (tertiary/aromatic N) is 1. The Hall–Kier alpha value is -3.57. The Balaban J connectivity index is 1.75. The zero-order chi connectivity index (χ0) is 25.7. The third-order valence-corrected chi connectivity index (χ3v) is 6.38. The smallest absolute Gasteiger partial charge is 0.338 e. The molecule has 2 amide bonds. The van der Waals surface area contributed by atoms with Crippen LogP contribution in [0.1, 0.15) is 29.8 Å². The molecule has 3 rings (SSSR count). The van der Waals surface area contributed by atoms with Crippen LogP contribution in [-0.4, -0.2) is 59.0 Å². The number of esters is 1. The van der Waals surface area contributed by atoms with Gasteiger partial charge in [-0.25, -0.2) is 4.79 Å². The van der Waals surface area contributed by atoms with Crippen molar-refractivity contribution < 1.29 is 33.7 Å². The zero-order valence-corrected chi connectivity index (χ0v) is 21.1. The number of thiocarbonyl (C=S) groups is 1. The van der Waals surface area contributed by atoms with E-state index in [1.807, 2.05) is 0 Å². The lowest BCUT2D eigenvalue weighted by molar-refractivity contribution is -0.129. The lowest BCUT2D eigenvalue weighted by atomic mass is 10.1. The van der Waals surface area contributed by atoms with Gasteiger partial charge in [0.15, 0.2) is 11.5 Å². The molecule has 9 nitrogen and oxygen atoms in total. The highest BCUT2D eigenvalue weighted by Crippen LogP contribution is 2.40. The molecule has 1 unspecified atom stereocenters. The zero-order valence-electron chi connectivity index (χ0n) is 19.5. The highest BCUT2D eigenvalue weighted by atomic mass is 32.2. The average Bonchev–Trinajstić information content (AvgIpc) is 3.12. The average molecular weight is 517 g/mol. The minimum Gasteiger partial charge on any atom is -0.502 e. The van der Waals surface area contributed by atoms with Gasteiger partial charge in [-0.3, -0.25) is 14.5 Å². The number of ether oxygens (including phenoxy) is 3. The summed E-state index contributed by atoms with van der Waals surface area (Å²) in [4.78, 5) is 39.2. The molecule has 0 aliphatic carbocycles. The molecule has 1 atom stereocenters. The fraction of sp³-hybridized carbons (Fsp3) is 0.250. The minimum atomic E-state index is -0.887. The molecule has 0 aromatic heterocycles. The number of anilines is 1. The van der Waals surface area contributed by atoms with E-state index in [1.54, 1.807) is 56.3 Å². The molecule has 1 aliphatic heterocycles. The van der Waals surface area contributed by atoms with Crippen molar-refractivity contribution in [2.45, 2.75) is 19.9 Å². The minimum absolute atomic E-state index is 0.153. The molecule has 1 aliphatic rings. The van der Waals surface area contributed by atoms with Crippen molar-refractivity contribution in [2.75, 3.05) is 26.1 Å². The van der Waals surface area contributed by atoms with Crippen molar-refractivity contribution >= 4 is 57.8 Å². The normalized spacial score (nSPS) is 15.2. The number of phenols is 1. The van der Waals surface area contributed by atoms with Gasteiger partial charge < -0.3 is 24.6 Å². The van der Waals surface area contributed by atoms with Crippen LogP contribution >= 0.6 is 24.0 Å². The molecule has 1 saturated heterocycles. The second-order valence-electron chi connectivity index (χ2n) is 7.29. The summed E-state index contributed by atoms with van der Waals surface area (Å²) in [6, 6.07) is 8.46.